The molecule has 0 aliphatic carbocycles. The summed E-state index contributed by atoms with van der Waals surface area (Å²) in [6.07, 6.45) is 3.31. The molecule has 0 fully saturated rings. The molecule has 0 saturated heterocycles. The molecule has 8 heteroatoms. The second-order valence-electron chi connectivity index (χ2n) is 6.07. The molecule has 3 aromatic rings. The minimum absolute atomic E-state index is 0.336. The van der Waals surface area contributed by atoms with E-state index in [0.29, 0.717) is 37.9 Å². The Morgan fingerprint density at radius 1 is 0.800 bits per heavy atom. The van der Waals surface area contributed by atoms with Crippen LogP contribution in [0.15, 0.2) is 92.9 Å². The van der Waals surface area contributed by atoms with Gasteiger partial charge in [-0.15, -0.1) is 0 Å². The molecule has 2 amide bonds. The van der Waals surface area contributed by atoms with E-state index in [1.807, 2.05) is 19.1 Å². The summed E-state index contributed by atoms with van der Waals surface area (Å²) in [6, 6.07) is 17.8. The zero-order valence-corrected chi connectivity index (χ0v) is 17.7. The lowest BCUT2D eigenvalue weighted by atomic mass is 10.3. The first-order chi connectivity index (χ1) is 14.7. The Labute approximate surface area is 182 Å². The Morgan fingerprint density at radius 3 is 1.77 bits per heavy atom. The highest BCUT2D eigenvalue weighted by Gasteiger charge is 2.40. The number of imide groups is 1. The molecule has 0 saturated carbocycles. The van der Waals surface area contributed by atoms with E-state index in [1.54, 1.807) is 60.9 Å². The van der Waals surface area contributed by atoms with Gasteiger partial charge in [-0.25, -0.2) is 14.9 Å². The summed E-state index contributed by atoms with van der Waals surface area (Å²) in [5, 5.41) is 1.28. The van der Waals surface area contributed by atoms with Crippen molar-refractivity contribution in [3.63, 3.8) is 0 Å². The topological polar surface area (TPSA) is 72.4 Å². The maximum absolute atomic E-state index is 13.3. The van der Waals surface area contributed by atoms with Crippen LogP contribution >= 0.6 is 23.5 Å². The fraction of sp³-hybridized carbons (Fsp3) is 0.0909. The number of amides is 2. The van der Waals surface area contributed by atoms with Crippen molar-refractivity contribution in [2.24, 2.45) is 0 Å². The number of carbonyl (C=O) groups excluding carboxylic acids is 2. The fourth-order valence-electron chi connectivity index (χ4n) is 2.79. The van der Waals surface area contributed by atoms with Crippen LogP contribution in [-0.4, -0.2) is 28.4 Å². The molecule has 1 aromatic carbocycles. The Morgan fingerprint density at radius 2 is 1.33 bits per heavy atom. The van der Waals surface area contributed by atoms with Gasteiger partial charge in [-0.2, -0.15) is 0 Å². The van der Waals surface area contributed by atoms with Gasteiger partial charge in [0, 0.05) is 12.4 Å². The summed E-state index contributed by atoms with van der Waals surface area (Å²) in [6.45, 7) is 2.44. The van der Waals surface area contributed by atoms with Crippen LogP contribution in [0.1, 0.15) is 6.92 Å². The highest BCUT2D eigenvalue weighted by Crippen LogP contribution is 2.43. The van der Waals surface area contributed by atoms with E-state index in [-0.39, 0.29) is 11.8 Å². The highest BCUT2D eigenvalue weighted by atomic mass is 32.2. The molecule has 4 rings (SSSR count). The van der Waals surface area contributed by atoms with E-state index in [2.05, 4.69) is 9.97 Å². The minimum atomic E-state index is -0.377. The second-order valence-corrected chi connectivity index (χ2v) is 8.13. The van der Waals surface area contributed by atoms with Gasteiger partial charge >= 0.3 is 0 Å². The Bertz CT molecular complexity index is 1020. The number of pyridine rings is 2. The van der Waals surface area contributed by atoms with Crippen molar-refractivity contribution in [1.29, 1.82) is 0 Å². The van der Waals surface area contributed by atoms with E-state index in [1.165, 1.54) is 28.4 Å². The molecule has 1 aliphatic heterocycles. The molecule has 30 heavy (non-hydrogen) atoms. The standard InChI is InChI=1S/C22H17N3O3S2/c1-2-28-16-11-9-15(10-12-16)25-21(26)19(29-17-7-3-5-13-23-17)20(22(25)27)30-18-8-4-6-14-24-18/h3-14H,2H2,1H3. The smallest absolute Gasteiger partial charge is 0.273 e. The number of hydrogen-bond acceptors (Lipinski definition) is 7. The van der Waals surface area contributed by atoms with Gasteiger partial charge in [0.15, 0.2) is 0 Å². The molecular formula is C22H17N3O3S2. The van der Waals surface area contributed by atoms with Crippen LogP contribution in [0.25, 0.3) is 0 Å². The third kappa shape index (κ3) is 4.24. The molecule has 0 atom stereocenters. The van der Waals surface area contributed by atoms with E-state index in [9.17, 15) is 9.59 Å². The number of aromatic nitrogens is 2. The largest absolute Gasteiger partial charge is 0.494 e. The van der Waals surface area contributed by atoms with Crippen molar-refractivity contribution in [2.75, 3.05) is 11.5 Å². The normalized spacial score (nSPS) is 13.8. The molecule has 0 bridgehead atoms. The summed E-state index contributed by atoms with van der Waals surface area (Å²) < 4.78 is 5.45. The van der Waals surface area contributed by atoms with Crippen molar-refractivity contribution < 1.29 is 14.3 Å². The summed E-state index contributed by atoms with van der Waals surface area (Å²) in [4.78, 5) is 36.9. The third-order valence-corrected chi connectivity index (χ3v) is 6.29. The van der Waals surface area contributed by atoms with Crippen LogP contribution in [0.5, 0.6) is 5.75 Å². The van der Waals surface area contributed by atoms with Gasteiger partial charge < -0.3 is 4.74 Å². The van der Waals surface area contributed by atoms with E-state index < -0.39 is 0 Å². The SMILES string of the molecule is CCOc1ccc(N2C(=O)C(Sc3ccccn3)=C(Sc3ccccn3)C2=O)cc1. The molecule has 6 nitrogen and oxygen atoms in total. The number of nitrogens with zero attached hydrogens (tertiary/aromatic N) is 3. The third-order valence-electron chi connectivity index (χ3n) is 4.10. The van der Waals surface area contributed by atoms with Gasteiger partial charge in [0.1, 0.15) is 15.8 Å². The zero-order chi connectivity index (χ0) is 20.9. The number of carbonyl (C=O) groups is 2. The first kappa shape index (κ1) is 20.2. The summed E-state index contributed by atoms with van der Waals surface area (Å²) in [7, 11) is 0. The van der Waals surface area contributed by atoms with Crippen molar-refractivity contribution in [3.05, 3.63) is 82.9 Å². The molecule has 0 N–H and O–H groups in total. The van der Waals surface area contributed by atoms with Crippen molar-refractivity contribution in [1.82, 2.24) is 9.97 Å². The molecule has 0 spiro atoms. The molecule has 1 aliphatic rings. The van der Waals surface area contributed by atoms with E-state index in [4.69, 9.17) is 4.74 Å². The van der Waals surface area contributed by atoms with Gasteiger partial charge in [0.05, 0.1) is 22.1 Å². The van der Waals surface area contributed by atoms with Gasteiger partial charge in [0.2, 0.25) is 0 Å². The Hall–Kier alpha value is -3.10. The van der Waals surface area contributed by atoms with Crippen LogP contribution in [0.2, 0.25) is 0 Å². The van der Waals surface area contributed by atoms with E-state index >= 15 is 0 Å². The van der Waals surface area contributed by atoms with Gasteiger partial charge in [-0.1, -0.05) is 35.7 Å². The maximum Gasteiger partial charge on any atom is 0.273 e. The lowest BCUT2D eigenvalue weighted by Crippen LogP contribution is -2.31. The zero-order valence-electron chi connectivity index (χ0n) is 16.0. The van der Waals surface area contributed by atoms with Crippen molar-refractivity contribution in [2.45, 2.75) is 17.0 Å². The second kappa shape index (κ2) is 9.15. The molecule has 0 unspecified atom stereocenters. The molecule has 2 aromatic heterocycles. The predicted molar refractivity (Wildman–Crippen MR) is 117 cm³/mol. The lowest BCUT2D eigenvalue weighted by molar-refractivity contribution is -0.120. The first-order valence-corrected chi connectivity index (χ1v) is 10.8. The average Bonchev–Trinajstić information content (AvgIpc) is 3.00. The molecule has 0 radical (unpaired) electrons. The van der Waals surface area contributed by atoms with Crippen LogP contribution in [0.3, 0.4) is 0 Å². The molecule has 3 heterocycles. The predicted octanol–water partition coefficient (Wildman–Crippen LogP) is 4.54. The summed E-state index contributed by atoms with van der Waals surface area (Å²) in [5.74, 6) is -0.0732. The molecule has 150 valence electrons. The Kier molecular flexibility index (Phi) is 6.15. The maximum atomic E-state index is 13.3. The van der Waals surface area contributed by atoms with Gasteiger partial charge in [0.25, 0.3) is 11.8 Å². The number of anilines is 1. The quantitative estimate of drug-likeness (QED) is 0.504. The Balaban J connectivity index is 1.69. The van der Waals surface area contributed by atoms with E-state index in [0.717, 1.165) is 0 Å². The number of thioether (sulfide) groups is 2. The number of ether oxygens (including phenoxy) is 1. The van der Waals surface area contributed by atoms with Crippen molar-refractivity contribution in [3.8, 4) is 5.75 Å². The molecular weight excluding hydrogens is 418 g/mol. The number of benzene rings is 1. The van der Waals surface area contributed by atoms with Crippen LogP contribution in [-0.2, 0) is 9.59 Å². The first-order valence-electron chi connectivity index (χ1n) is 9.21. The summed E-state index contributed by atoms with van der Waals surface area (Å²) in [5.41, 5.74) is 0.490. The summed E-state index contributed by atoms with van der Waals surface area (Å²) >= 11 is 2.37. The number of rotatable bonds is 7. The number of hydrogen-bond donors (Lipinski definition) is 0. The van der Waals surface area contributed by atoms with Gasteiger partial charge in [-0.3, -0.25) is 9.59 Å². The van der Waals surface area contributed by atoms with Crippen LogP contribution < -0.4 is 9.64 Å². The highest BCUT2D eigenvalue weighted by molar-refractivity contribution is 8.08. The lowest BCUT2D eigenvalue weighted by Gasteiger charge is -2.15. The van der Waals surface area contributed by atoms with Crippen LogP contribution in [0.4, 0.5) is 5.69 Å². The van der Waals surface area contributed by atoms with Crippen molar-refractivity contribution >= 4 is 41.0 Å². The average molecular weight is 436 g/mol. The minimum Gasteiger partial charge on any atom is -0.494 e. The monoisotopic (exact) mass is 435 g/mol. The van der Waals surface area contributed by atoms with Gasteiger partial charge in [-0.05, 0) is 55.5 Å². The van der Waals surface area contributed by atoms with Crippen LogP contribution in [0, 0.1) is 0 Å². The fourth-order valence-corrected chi connectivity index (χ4v) is 4.69.